The Kier molecular flexibility index (Phi) is 6.33. The molecule has 0 saturated carbocycles. The quantitative estimate of drug-likeness (QED) is 0.388. The first-order valence-corrected chi connectivity index (χ1v) is 11.6. The number of aromatic amines is 1. The standard InChI is InChI=1S/C27H24ClN3O4/c1-17-5-7-18(8-6-17)15-31(27(33)29-22-4-2-3-21(28)13-22)16-20-11-19-12-24-25(35-10-9-34-24)14-23(19)30-26(20)32/h2-8,11-14H,9-10,15-16H2,1H3,(H,29,33)(H,30,32). The van der Waals surface area contributed by atoms with Gasteiger partial charge in [-0.2, -0.15) is 0 Å². The number of benzene rings is 3. The fraction of sp³-hybridized carbons (Fsp3) is 0.185. The van der Waals surface area contributed by atoms with Gasteiger partial charge in [-0.05, 0) is 42.8 Å². The zero-order valence-corrected chi connectivity index (χ0v) is 19.9. The number of fused-ring (bicyclic) bond motifs is 2. The van der Waals surface area contributed by atoms with Crippen LogP contribution in [-0.4, -0.2) is 29.1 Å². The summed E-state index contributed by atoms with van der Waals surface area (Å²) in [6.45, 7) is 3.39. The van der Waals surface area contributed by atoms with Crippen molar-refractivity contribution < 1.29 is 14.3 Å². The monoisotopic (exact) mass is 489 g/mol. The number of ether oxygens (including phenoxy) is 2. The van der Waals surface area contributed by atoms with E-state index in [2.05, 4.69) is 10.3 Å². The molecule has 3 aromatic carbocycles. The van der Waals surface area contributed by atoms with E-state index in [9.17, 15) is 9.59 Å². The van der Waals surface area contributed by atoms with Crippen LogP contribution in [0.15, 0.2) is 71.5 Å². The van der Waals surface area contributed by atoms with E-state index in [1.165, 1.54) is 0 Å². The Balaban J connectivity index is 1.46. The van der Waals surface area contributed by atoms with Crippen LogP contribution in [0.4, 0.5) is 10.5 Å². The highest BCUT2D eigenvalue weighted by atomic mass is 35.5. The summed E-state index contributed by atoms with van der Waals surface area (Å²) in [5, 5.41) is 4.21. The van der Waals surface area contributed by atoms with Crippen molar-refractivity contribution >= 4 is 34.2 Å². The Bertz CT molecular complexity index is 1450. The van der Waals surface area contributed by atoms with E-state index in [-0.39, 0.29) is 18.1 Å². The Morgan fingerprint density at radius 1 is 1.00 bits per heavy atom. The number of aryl methyl sites for hydroxylation is 1. The van der Waals surface area contributed by atoms with Crippen molar-refractivity contribution in [3.8, 4) is 11.5 Å². The Morgan fingerprint density at radius 3 is 2.49 bits per heavy atom. The smallest absolute Gasteiger partial charge is 0.322 e. The number of H-pyrrole nitrogens is 1. The van der Waals surface area contributed by atoms with Gasteiger partial charge in [-0.1, -0.05) is 47.5 Å². The maximum Gasteiger partial charge on any atom is 0.322 e. The van der Waals surface area contributed by atoms with Gasteiger partial charge in [0.15, 0.2) is 11.5 Å². The summed E-state index contributed by atoms with van der Waals surface area (Å²) in [7, 11) is 0. The summed E-state index contributed by atoms with van der Waals surface area (Å²) in [6, 6.07) is 20.0. The molecule has 0 spiro atoms. The number of carbonyl (C=O) groups excluding carboxylic acids is 1. The van der Waals surface area contributed by atoms with Gasteiger partial charge in [-0.25, -0.2) is 4.79 Å². The van der Waals surface area contributed by atoms with Gasteiger partial charge in [-0.3, -0.25) is 4.79 Å². The van der Waals surface area contributed by atoms with Gasteiger partial charge < -0.3 is 24.7 Å². The van der Waals surface area contributed by atoms with Crippen LogP contribution in [0, 0.1) is 6.92 Å². The lowest BCUT2D eigenvalue weighted by molar-refractivity contribution is 0.172. The number of rotatable bonds is 5. The SMILES string of the molecule is Cc1ccc(CN(Cc2cc3cc4c(cc3[nH]c2=O)OCCO4)C(=O)Nc2cccc(Cl)c2)cc1. The van der Waals surface area contributed by atoms with Crippen LogP contribution in [0.5, 0.6) is 11.5 Å². The molecule has 0 fully saturated rings. The number of aromatic nitrogens is 1. The number of hydrogen-bond acceptors (Lipinski definition) is 4. The molecule has 0 aliphatic carbocycles. The molecule has 178 valence electrons. The fourth-order valence-electron chi connectivity index (χ4n) is 3.99. The van der Waals surface area contributed by atoms with E-state index < -0.39 is 0 Å². The van der Waals surface area contributed by atoms with Crippen molar-refractivity contribution in [1.82, 2.24) is 9.88 Å². The van der Waals surface area contributed by atoms with Crippen LogP contribution in [0.2, 0.25) is 5.02 Å². The van der Waals surface area contributed by atoms with Crippen molar-refractivity contribution in [2.45, 2.75) is 20.0 Å². The summed E-state index contributed by atoms with van der Waals surface area (Å²) >= 11 is 6.08. The highest BCUT2D eigenvalue weighted by molar-refractivity contribution is 6.30. The molecule has 0 bridgehead atoms. The summed E-state index contributed by atoms with van der Waals surface area (Å²) in [5.74, 6) is 1.24. The van der Waals surface area contributed by atoms with Crippen LogP contribution >= 0.6 is 11.6 Å². The van der Waals surface area contributed by atoms with Gasteiger partial charge in [0.05, 0.1) is 12.1 Å². The van der Waals surface area contributed by atoms with Gasteiger partial charge in [0.2, 0.25) is 0 Å². The summed E-state index contributed by atoms with van der Waals surface area (Å²) in [6.07, 6.45) is 0. The van der Waals surface area contributed by atoms with E-state index in [0.717, 1.165) is 16.5 Å². The van der Waals surface area contributed by atoms with Crippen LogP contribution in [0.1, 0.15) is 16.7 Å². The predicted molar refractivity (Wildman–Crippen MR) is 136 cm³/mol. The second-order valence-corrected chi connectivity index (χ2v) is 8.93. The highest BCUT2D eigenvalue weighted by Crippen LogP contribution is 2.33. The molecule has 0 atom stereocenters. The maximum absolute atomic E-state index is 13.3. The highest BCUT2D eigenvalue weighted by Gasteiger charge is 2.19. The fourth-order valence-corrected chi connectivity index (χ4v) is 4.18. The second-order valence-electron chi connectivity index (χ2n) is 8.49. The predicted octanol–water partition coefficient (Wildman–Crippen LogP) is 5.50. The van der Waals surface area contributed by atoms with Gasteiger partial charge in [-0.15, -0.1) is 0 Å². The molecule has 2 N–H and O–H groups in total. The molecule has 1 aliphatic heterocycles. The Morgan fingerprint density at radius 2 is 1.74 bits per heavy atom. The Labute approximate surface area is 207 Å². The summed E-state index contributed by atoms with van der Waals surface area (Å²) < 4.78 is 11.3. The van der Waals surface area contributed by atoms with Gasteiger partial charge >= 0.3 is 6.03 Å². The van der Waals surface area contributed by atoms with E-state index in [1.54, 1.807) is 41.3 Å². The molecule has 4 aromatic rings. The minimum atomic E-state index is -0.338. The van der Waals surface area contributed by atoms with Crippen LogP contribution in [0.25, 0.3) is 10.9 Å². The van der Waals surface area contributed by atoms with Crippen LogP contribution < -0.4 is 20.3 Å². The lowest BCUT2D eigenvalue weighted by Gasteiger charge is -2.24. The number of pyridine rings is 1. The van der Waals surface area contributed by atoms with Crippen molar-refractivity contribution in [3.63, 3.8) is 0 Å². The third-order valence-electron chi connectivity index (χ3n) is 5.80. The first-order chi connectivity index (χ1) is 16.9. The summed E-state index contributed by atoms with van der Waals surface area (Å²) in [4.78, 5) is 30.8. The van der Waals surface area contributed by atoms with Crippen molar-refractivity contribution in [2.75, 3.05) is 18.5 Å². The molecule has 1 aliphatic rings. The van der Waals surface area contributed by atoms with E-state index in [0.29, 0.717) is 53.0 Å². The molecule has 0 unspecified atom stereocenters. The number of carbonyl (C=O) groups is 1. The van der Waals surface area contributed by atoms with E-state index >= 15 is 0 Å². The van der Waals surface area contributed by atoms with Gasteiger partial charge in [0, 0.05) is 34.3 Å². The number of amides is 2. The Hall–Kier alpha value is -3.97. The molecule has 2 amide bonds. The first kappa shape index (κ1) is 22.8. The van der Waals surface area contributed by atoms with Crippen molar-refractivity contribution in [1.29, 1.82) is 0 Å². The lowest BCUT2D eigenvalue weighted by atomic mass is 10.1. The van der Waals surface area contributed by atoms with Gasteiger partial charge in [0.1, 0.15) is 13.2 Å². The zero-order chi connectivity index (χ0) is 24.4. The number of hydrogen-bond donors (Lipinski definition) is 2. The third kappa shape index (κ3) is 5.25. The van der Waals surface area contributed by atoms with Crippen molar-refractivity contribution in [3.05, 3.63) is 98.8 Å². The first-order valence-electron chi connectivity index (χ1n) is 11.3. The molecule has 8 heteroatoms. The average Bonchev–Trinajstić information content (AvgIpc) is 2.84. The molecular formula is C27H24ClN3O4. The molecule has 35 heavy (non-hydrogen) atoms. The van der Waals surface area contributed by atoms with Crippen LogP contribution in [0.3, 0.4) is 0 Å². The molecule has 0 saturated heterocycles. The second kappa shape index (κ2) is 9.72. The van der Waals surface area contributed by atoms with Gasteiger partial charge in [0.25, 0.3) is 5.56 Å². The normalized spacial score (nSPS) is 12.4. The minimum Gasteiger partial charge on any atom is -0.486 e. The molecule has 7 nitrogen and oxygen atoms in total. The zero-order valence-electron chi connectivity index (χ0n) is 19.1. The number of halogens is 1. The number of anilines is 1. The number of nitrogens with one attached hydrogen (secondary N) is 2. The maximum atomic E-state index is 13.3. The average molecular weight is 490 g/mol. The van der Waals surface area contributed by atoms with E-state index in [1.807, 2.05) is 37.3 Å². The topological polar surface area (TPSA) is 83.7 Å². The third-order valence-corrected chi connectivity index (χ3v) is 6.04. The molecule has 1 aromatic heterocycles. The molecule has 0 radical (unpaired) electrons. The minimum absolute atomic E-state index is 0.111. The molecular weight excluding hydrogens is 466 g/mol. The van der Waals surface area contributed by atoms with Crippen LogP contribution in [-0.2, 0) is 13.1 Å². The summed E-state index contributed by atoms with van der Waals surface area (Å²) in [5.41, 5.74) is 3.50. The lowest BCUT2D eigenvalue weighted by Crippen LogP contribution is -2.35. The molecule has 2 heterocycles. The van der Waals surface area contributed by atoms with E-state index in [4.69, 9.17) is 21.1 Å². The number of urea groups is 1. The largest absolute Gasteiger partial charge is 0.486 e. The number of nitrogens with zero attached hydrogens (tertiary/aromatic N) is 1. The molecule has 5 rings (SSSR count). The van der Waals surface area contributed by atoms with Crippen molar-refractivity contribution in [2.24, 2.45) is 0 Å².